The topological polar surface area (TPSA) is 60.0 Å². The van der Waals surface area contributed by atoms with Gasteiger partial charge in [-0.15, -0.1) is 0 Å². The van der Waals surface area contributed by atoms with Crippen LogP contribution in [0.4, 0.5) is 5.69 Å². The number of morpholine rings is 1. The van der Waals surface area contributed by atoms with Crippen LogP contribution >= 0.6 is 0 Å². The zero-order valence-electron chi connectivity index (χ0n) is 16.6. The molecule has 1 fully saturated rings. The lowest BCUT2D eigenvalue weighted by molar-refractivity contribution is 0.0949. The first-order chi connectivity index (χ1) is 13.7. The van der Waals surface area contributed by atoms with Crippen molar-refractivity contribution in [3.05, 3.63) is 53.6 Å². The highest BCUT2D eigenvalue weighted by Crippen LogP contribution is 2.30. The fourth-order valence-electron chi connectivity index (χ4n) is 3.35. The van der Waals surface area contributed by atoms with Gasteiger partial charge < -0.3 is 24.4 Å². The number of nitrogens with one attached hydrogen (secondary N) is 1. The number of nitrogens with zero attached hydrogens (tertiary/aromatic N) is 1. The van der Waals surface area contributed by atoms with Crippen molar-refractivity contribution in [3.8, 4) is 11.5 Å². The second-order valence-electron chi connectivity index (χ2n) is 6.67. The van der Waals surface area contributed by atoms with Crippen LogP contribution in [0.5, 0.6) is 11.5 Å². The first-order valence-corrected chi connectivity index (χ1v) is 9.63. The van der Waals surface area contributed by atoms with E-state index in [0.29, 0.717) is 23.6 Å². The van der Waals surface area contributed by atoms with Crippen molar-refractivity contribution in [2.24, 2.45) is 0 Å². The zero-order chi connectivity index (χ0) is 19.8. The van der Waals surface area contributed by atoms with E-state index in [9.17, 15) is 4.79 Å². The number of carbonyl (C=O) groups excluding carboxylic acids is 1. The predicted molar refractivity (Wildman–Crippen MR) is 110 cm³/mol. The summed E-state index contributed by atoms with van der Waals surface area (Å²) in [6.07, 6.45) is 1.79. The van der Waals surface area contributed by atoms with Gasteiger partial charge in [-0.3, -0.25) is 4.79 Å². The second-order valence-corrected chi connectivity index (χ2v) is 6.67. The average molecular weight is 384 g/mol. The lowest BCUT2D eigenvalue weighted by Gasteiger charge is -2.28. The fourth-order valence-corrected chi connectivity index (χ4v) is 3.35. The molecule has 0 saturated carbocycles. The predicted octanol–water partition coefficient (Wildman–Crippen LogP) is 2.90. The van der Waals surface area contributed by atoms with Crippen molar-refractivity contribution in [1.29, 1.82) is 0 Å². The lowest BCUT2D eigenvalue weighted by atomic mass is 10.1. The van der Waals surface area contributed by atoms with Crippen LogP contribution in [0, 0.1) is 0 Å². The smallest absolute Gasteiger partial charge is 0.255 e. The summed E-state index contributed by atoms with van der Waals surface area (Å²) in [5, 5.41) is 2.96. The Morgan fingerprint density at radius 2 is 1.82 bits per heavy atom. The van der Waals surface area contributed by atoms with Gasteiger partial charge in [-0.25, -0.2) is 0 Å². The number of para-hydroxylation sites is 1. The Morgan fingerprint density at radius 1 is 1.07 bits per heavy atom. The summed E-state index contributed by atoms with van der Waals surface area (Å²) >= 11 is 0. The van der Waals surface area contributed by atoms with Crippen molar-refractivity contribution >= 4 is 11.6 Å². The van der Waals surface area contributed by atoms with E-state index >= 15 is 0 Å². The number of ether oxygens (including phenoxy) is 3. The van der Waals surface area contributed by atoms with Crippen molar-refractivity contribution in [3.63, 3.8) is 0 Å². The van der Waals surface area contributed by atoms with E-state index in [1.54, 1.807) is 25.3 Å². The second kappa shape index (κ2) is 9.99. The number of hydrogen-bond acceptors (Lipinski definition) is 5. The first kappa shape index (κ1) is 20.0. The maximum atomic E-state index is 12.5. The highest BCUT2D eigenvalue weighted by molar-refractivity contribution is 5.97. The Hall–Kier alpha value is -2.73. The molecule has 0 bridgehead atoms. The van der Waals surface area contributed by atoms with Gasteiger partial charge in [-0.05, 0) is 42.7 Å². The molecule has 1 aliphatic heterocycles. The van der Waals surface area contributed by atoms with Gasteiger partial charge in [0.15, 0.2) is 11.5 Å². The molecule has 6 heteroatoms. The maximum absolute atomic E-state index is 12.5. The summed E-state index contributed by atoms with van der Waals surface area (Å²) in [4.78, 5) is 14.8. The molecule has 28 heavy (non-hydrogen) atoms. The van der Waals surface area contributed by atoms with Crippen LogP contribution in [0.25, 0.3) is 0 Å². The lowest BCUT2D eigenvalue weighted by Crippen LogP contribution is -2.36. The van der Waals surface area contributed by atoms with Gasteiger partial charge in [0.25, 0.3) is 5.91 Å². The van der Waals surface area contributed by atoms with Crippen LogP contribution in [0.2, 0.25) is 0 Å². The molecule has 0 radical (unpaired) electrons. The largest absolute Gasteiger partial charge is 0.493 e. The standard InChI is InChI=1S/C22H28N2O4/c1-26-20-7-3-6-19(21(20)27-2)22(25)23-12-4-5-17-8-10-18(11-9-17)24-13-15-28-16-14-24/h3,6-11H,4-5,12-16H2,1-2H3,(H,23,25). The van der Waals surface area contributed by atoms with Crippen molar-refractivity contribution in [2.75, 3.05) is 52.0 Å². The molecule has 1 aliphatic rings. The van der Waals surface area contributed by atoms with Crippen LogP contribution in [-0.2, 0) is 11.2 Å². The minimum Gasteiger partial charge on any atom is -0.493 e. The number of carbonyl (C=O) groups is 1. The van der Waals surface area contributed by atoms with Crippen LogP contribution in [-0.4, -0.2) is 53.0 Å². The van der Waals surface area contributed by atoms with Crippen molar-refractivity contribution in [1.82, 2.24) is 5.32 Å². The molecule has 0 aromatic heterocycles. The van der Waals surface area contributed by atoms with Gasteiger partial charge in [0, 0.05) is 25.3 Å². The molecule has 0 spiro atoms. The molecule has 1 N–H and O–H groups in total. The minimum atomic E-state index is -0.154. The first-order valence-electron chi connectivity index (χ1n) is 9.63. The minimum absolute atomic E-state index is 0.154. The Balaban J connectivity index is 1.47. The van der Waals surface area contributed by atoms with Gasteiger partial charge >= 0.3 is 0 Å². The van der Waals surface area contributed by atoms with Crippen molar-refractivity contribution < 1.29 is 19.0 Å². The van der Waals surface area contributed by atoms with Crippen LogP contribution in [0.15, 0.2) is 42.5 Å². The molecular formula is C22H28N2O4. The van der Waals surface area contributed by atoms with Gasteiger partial charge in [-0.1, -0.05) is 18.2 Å². The average Bonchev–Trinajstić information content (AvgIpc) is 2.77. The molecular weight excluding hydrogens is 356 g/mol. The Bertz CT molecular complexity index is 771. The number of hydrogen-bond donors (Lipinski definition) is 1. The number of anilines is 1. The van der Waals surface area contributed by atoms with Gasteiger partial charge in [0.05, 0.1) is 33.0 Å². The normalized spacial score (nSPS) is 13.9. The summed E-state index contributed by atoms with van der Waals surface area (Å²) in [5.41, 5.74) is 2.99. The van der Waals surface area contributed by atoms with Crippen LogP contribution < -0.4 is 19.7 Å². The summed E-state index contributed by atoms with van der Waals surface area (Å²) in [7, 11) is 3.10. The van der Waals surface area contributed by atoms with E-state index in [1.165, 1.54) is 18.4 Å². The maximum Gasteiger partial charge on any atom is 0.255 e. The third kappa shape index (κ3) is 4.95. The number of rotatable bonds is 8. The molecule has 0 aliphatic carbocycles. The molecule has 3 rings (SSSR count). The quantitative estimate of drug-likeness (QED) is 0.709. The molecule has 150 valence electrons. The summed E-state index contributed by atoms with van der Waals surface area (Å²) in [6.45, 7) is 4.07. The van der Waals surface area contributed by atoms with Crippen LogP contribution in [0.1, 0.15) is 22.3 Å². The molecule has 6 nitrogen and oxygen atoms in total. The highest BCUT2D eigenvalue weighted by atomic mass is 16.5. The summed E-state index contributed by atoms with van der Waals surface area (Å²) in [5.74, 6) is 0.857. The molecule has 1 saturated heterocycles. The fraction of sp³-hybridized carbons (Fsp3) is 0.409. The zero-order valence-corrected chi connectivity index (χ0v) is 16.6. The molecule has 0 atom stereocenters. The highest BCUT2D eigenvalue weighted by Gasteiger charge is 2.16. The molecule has 0 unspecified atom stereocenters. The Morgan fingerprint density at radius 3 is 2.50 bits per heavy atom. The van der Waals surface area contributed by atoms with E-state index in [2.05, 4.69) is 34.5 Å². The third-order valence-corrected chi connectivity index (χ3v) is 4.89. The summed E-state index contributed by atoms with van der Waals surface area (Å²) < 4.78 is 16.0. The molecule has 1 amide bonds. The number of amides is 1. The monoisotopic (exact) mass is 384 g/mol. The van der Waals surface area contributed by atoms with E-state index in [-0.39, 0.29) is 5.91 Å². The van der Waals surface area contributed by atoms with Gasteiger partial charge in [0.1, 0.15) is 0 Å². The third-order valence-electron chi connectivity index (χ3n) is 4.89. The van der Waals surface area contributed by atoms with E-state index in [0.717, 1.165) is 39.1 Å². The SMILES string of the molecule is COc1cccc(C(=O)NCCCc2ccc(N3CCOCC3)cc2)c1OC. The Labute approximate surface area is 166 Å². The van der Waals surface area contributed by atoms with Gasteiger partial charge in [-0.2, -0.15) is 0 Å². The number of methoxy groups -OCH3 is 2. The number of benzene rings is 2. The van der Waals surface area contributed by atoms with E-state index in [4.69, 9.17) is 14.2 Å². The van der Waals surface area contributed by atoms with E-state index < -0.39 is 0 Å². The molecule has 1 heterocycles. The molecule has 2 aromatic rings. The van der Waals surface area contributed by atoms with Crippen molar-refractivity contribution in [2.45, 2.75) is 12.8 Å². The number of aryl methyl sites for hydroxylation is 1. The Kier molecular flexibility index (Phi) is 7.14. The molecule has 2 aromatic carbocycles. The van der Waals surface area contributed by atoms with Crippen LogP contribution in [0.3, 0.4) is 0 Å². The van der Waals surface area contributed by atoms with E-state index in [1.807, 2.05) is 0 Å². The van der Waals surface area contributed by atoms with Gasteiger partial charge in [0.2, 0.25) is 0 Å². The summed E-state index contributed by atoms with van der Waals surface area (Å²) in [6, 6.07) is 14.0.